The molecule has 0 saturated carbocycles. The van der Waals surface area contributed by atoms with Gasteiger partial charge in [-0.2, -0.15) is 0 Å². The van der Waals surface area contributed by atoms with E-state index in [4.69, 9.17) is 5.73 Å². The Kier molecular flexibility index (Phi) is 2.79. The zero-order valence-electron chi connectivity index (χ0n) is 11.8. The van der Waals surface area contributed by atoms with E-state index in [0.29, 0.717) is 12.5 Å². The number of rotatable bonds is 2. The van der Waals surface area contributed by atoms with Crippen LogP contribution in [0.4, 0.5) is 10.1 Å². The van der Waals surface area contributed by atoms with Crippen molar-refractivity contribution in [2.24, 2.45) is 11.7 Å². The summed E-state index contributed by atoms with van der Waals surface area (Å²) >= 11 is 0. The first kappa shape index (κ1) is 12.6. The van der Waals surface area contributed by atoms with Gasteiger partial charge < -0.3 is 15.5 Å². The third kappa shape index (κ3) is 1.64. The average Bonchev–Trinajstić information content (AvgIpc) is 3.06. The van der Waals surface area contributed by atoms with Crippen molar-refractivity contribution >= 4 is 5.69 Å². The summed E-state index contributed by atoms with van der Waals surface area (Å²) < 4.78 is 13.7. The summed E-state index contributed by atoms with van der Waals surface area (Å²) in [4.78, 5) is 4.99. The van der Waals surface area contributed by atoms with Crippen LogP contribution < -0.4 is 10.6 Å². The highest BCUT2D eigenvalue weighted by Crippen LogP contribution is 2.44. The number of nitrogens with two attached hydrogens (primary N) is 1. The van der Waals surface area contributed by atoms with E-state index in [1.165, 1.54) is 25.1 Å². The molecule has 20 heavy (non-hydrogen) atoms. The van der Waals surface area contributed by atoms with Crippen molar-refractivity contribution in [3.8, 4) is 0 Å². The van der Waals surface area contributed by atoms with E-state index in [1.54, 1.807) is 12.1 Å². The Balaban J connectivity index is 1.75. The molecular formula is C16H22FN3. The van der Waals surface area contributed by atoms with Gasteiger partial charge in [0.1, 0.15) is 5.82 Å². The molecule has 108 valence electrons. The standard InChI is InChI=1S/C16H22FN3/c17-14-2-1-12-3-7-20(15(12)9-14)16(11-18)5-8-19-6-4-13(16)10-19/h1-2,9,13H,3-8,10-11,18H2. The smallest absolute Gasteiger partial charge is 0.125 e. The average molecular weight is 275 g/mol. The van der Waals surface area contributed by atoms with Crippen LogP contribution in [0.1, 0.15) is 18.4 Å². The molecule has 3 aliphatic rings. The minimum absolute atomic E-state index is 0.0477. The largest absolute Gasteiger partial charge is 0.364 e. The van der Waals surface area contributed by atoms with E-state index in [0.717, 1.165) is 31.6 Å². The van der Waals surface area contributed by atoms with E-state index in [9.17, 15) is 4.39 Å². The second-order valence-corrected chi connectivity index (χ2v) is 6.52. The summed E-state index contributed by atoms with van der Waals surface area (Å²) in [6, 6.07) is 5.23. The highest BCUT2D eigenvalue weighted by Gasteiger charge is 2.50. The lowest BCUT2D eigenvalue weighted by atomic mass is 9.77. The molecule has 3 heterocycles. The zero-order chi connectivity index (χ0) is 13.7. The number of nitrogens with zero attached hydrogens (tertiary/aromatic N) is 2. The van der Waals surface area contributed by atoms with Gasteiger partial charge in [0.15, 0.2) is 0 Å². The van der Waals surface area contributed by atoms with Crippen LogP contribution in [-0.2, 0) is 6.42 Å². The van der Waals surface area contributed by atoms with Gasteiger partial charge in [-0.05, 0) is 49.4 Å². The van der Waals surface area contributed by atoms with Crippen molar-refractivity contribution in [3.63, 3.8) is 0 Å². The molecule has 2 N–H and O–H groups in total. The highest BCUT2D eigenvalue weighted by molar-refractivity contribution is 5.60. The second kappa shape index (κ2) is 4.43. The molecule has 3 atom stereocenters. The molecule has 3 nitrogen and oxygen atoms in total. The van der Waals surface area contributed by atoms with Crippen molar-refractivity contribution in [1.29, 1.82) is 0 Å². The van der Waals surface area contributed by atoms with Crippen LogP contribution in [0.25, 0.3) is 0 Å². The third-order valence-corrected chi connectivity index (χ3v) is 5.73. The van der Waals surface area contributed by atoms with Gasteiger partial charge in [0.25, 0.3) is 0 Å². The molecule has 3 unspecified atom stereocenters. The first-order valence-corrected chi connectivity index (χ1v) is 7.71. The number of piperidine rings is 1. The topological polar surface area (TPSA) is 32.5 Å². The molecule has 4 rings (SSSR count). The molecule has 0 aromatic heterocycles. The lowest BCUT2D eigenvalue weighted by Gasteiger charge is -2.50. The quantitative estimate of drug-likeness (QED) is 0.890. The lowest BCUT2D eigenvalue weighted by molar-refractivity contribution is 0.165. The Morgan fingerprint density at radius 2 is 2.20 bits per heavy atom. The summed E-state index contributed by atoms with van der Waals surface area (Å²) in [6.45, 7) is 5.18. The Labute approximate surface area is 119 Å². The molecule has 0 spiro atoms. The monoisotopic (exact) mass is 275 g/mol. The Morgan fingerprint density at radius 1 is 1.30 bits per heavy atom. The molecule has 4 heteroatoms. The van der Waals surface area contributed by atoms with Gasteiger partial charge in [-0.3, -0.25) is 0 Å². The van der Waals surface area contributed by atoms with Gasteiger partial charge in [0.05, 0.1) is 5.54 Å². The number of benzene rings is 1. The zero-order valence-corrected chi connectivity index (χ0v) is 11.8. The molecule has 2 bridgehead atoms. The Bertz CT molecular complexity index is 532. The molecule has 2 saturated heterocycles. The van der Waals surface area contributed by atoms with Gasteiger partial charge in [-0.25, -0.2) is 4.39 Å². The summed E-state index contributed by atoms with van der Waals surface area (Å²) in [6.07, 6.45) is 3.37. The molecule has 0 amide bonds. The SMILES string of the molecule is NCC1(N2CCc3ccc(F)cc32)CCN2CCC1C2. The highest BCUT2D eigenvalue weighted by atomic mass is 19.1. The number of fused-ring (bicyclic) bond motifs is 3. The first-order chi connectivity index (χ1) is 9.73. The van der Waals surface area contributed by atoms with E-state index < -0.39 is 0 Å². The number of halogens is 1. The van der Waals surface area contributed by atoms with Gasteiger partial charge in [0, 0.05) is 31.9 Å². The molecule has 2 fully saturated rings. The van der Waals surface area contributed by atoms with Crippen LogP contribution in [0, 0.1) is 11.7 Å². The van der Waals surface area contributed by atoms with E-state index >= 15 is 0 Å². The van der Waals surface area contributed by atoms with Crippen molar-refractivity contribution in [2.45, 2.75) is 24.8 Å². The molecule has 0 radical (unpaired) electrons. The third-order valence-electron chi connectivity index (χ3n) is 5.73. The predicted molar refractivity (Wildman–Crippen MR) is 78.4 cm³/mol. The van der Waals surface area contributed by atoms with Crippen LogP contribution in [0.15, 0.2) is 18.2 Å². The van der Waals surface area contributed by atoms with E-state index in [-0.39, 0.29) is 11.4 Å². The molecule has 1 aromatic rings. The lowest BCUT2D eigenvalue weighted by Crippen LogP contribution is -2.62. The fourth-order valence-corrected chi connectivity index (χ4v) is 4.58. The molecule has 3 aliphatic heterocycles. The Morgan fingerprint density at radius 3 is 3.05 bits per heavy atom. The molecule has 1 aromatic carbocycles. The van der Waals surface area contributed by atoms with Gasteiger partial charge in [-0.15, -0.1) is 0 Å². The fraction of sp³-hybridized carbons (Fsp3) is 0.625. The number of hydrogen-bond donors (Lipinski definition) is 1. The Hall–Kier alpha value is -1.13. The summed E-state index contributed by atoms with van der Waals surface area (Å²) in [5.74, 6) is 0.502. The summed E-state index contributed by atoms with van der Waals surface area (Å²) in [5, 5.41) is 0. The second-order valence-electron chi connectivity index (χ2n) is 6.52. The maximum atomic E-state index is 13.7. The van der Waals surface area contributed by atoms with E-state index in [1.807, 2.05) is 6.07 Å². The first-order valence-electron chi connectivity index (χ1n) is 7.71. The number of hydrogen-bond acceptors (Lipinski definition) is 3. The minimum Gasteiger partial charge on any atom is -0.364 e. The molecular weight excluding hydrogens is 253 g/mol. The van der Waals surface area contributed by atoms with Crippen molar-refractivity contribution in [2.75, 3.05) is 37.6 Å². The van der Waals surface area contributed by atoms with Gasteiger partial charge >= 0.3 is 0 Å². The van der Waals surface area contributed by atoms with Crippen molar-refractivity contribution in [1.82, 2.24) is 4.90 Å². The minimum atomic E-state index is -0.133. The maximum absolute atomic E-state index is 13.7. The molecule has 0 aliphatic carbocycles. The van der Waals surface area contributed by atoms with Gasteiger partial charge in [-0.1, -0.05) is 6.07 Å². The van der Waals surface area contributed by atoms with Crippen molar-refractivity contribution < 1.29 is 4.39 Å². The summed E-state index contributed by atoms with van der Waals surface area (Å²) in [7, 11) is 0. The number of anilines is 1. The normalized spacial score (nSPS) is 35.4. The fourth-order valence-electron chi connectivity index (χ4n) is 4.58. The maximum Gasteiger partial charge on any atom is 0.125 e. The van der Waals surface area contributed by atoms with Crippen LogP contribution in [0.2, 0.25) is 0 Å². The summed E-state index contributed by atoms with van der Waals surface area (Å²) in [5.41, 5.74) is 8.66. The van der Waals surface area contributed by atoms with Crippen LogP contribution in [-0.4, -0.2) is 43.2 Å². The van der Waals surface area contributed by atoms with Crippen LogP contribution >= 0.6 is 0 Å². The van der Waals surface area contributed by atoms with Crippen LogP contribution in [0.3, 0.4) is 0 Å². The van der Waals surface area contributed by atoms with E-state index in [2.05, 4.69) is 9.80 Å². The van der Waals surface area contributed by atoms with Crippen LogP contribution in [0.5, 0.6) is 0 Å². The van der Waals surface area contributed by atoms with Crippen molar-refractivity contribution in [3.05, 3.63) is 29.6 Å². The van der Waals surface area contributed by atoms with Gasteiger partial charge in [0.2, 0.25) is 0 Å². The predicted octanol–water partition coefficient (Wildman–Crippen LogP) is 1.61.